The minimum Gasteiger partial charge on any atom is -0.471 e. The molecule has 0 amide bonds. The topological polar surface area (TPSA) is 50.8 Å². The van der Waals surface area contributed by atoms with E-state index in [-0.39, 0.29) is 0 Å². The fourth-order valence-corrected chi connectivity index (χ4v) is 1.76. The molecule has 1 N–H and O–H groups in total. The molecule has 4 heteroatoms. The van der Waals surface area contributed by atoms with Gasteiger partial charge in [-0.25, -0.2) is 9.97 Å². The van der Waals surface area contributed by atoms with Gasteiger partial charge in [-0.05, 0) is 13.0 Å². The van der Waals surface area contributed by atoms with Crippen LogP contribution >= 0.6 is 0 Å². The van der Waals surface area contributed by atoms with Crippen molar-refractivity contribution in [2.45, 2.75) is 13.5 Å². The van der Waals surface area contributed by atoms with Crippen molar-refractivity contribution in [2.75, 3.05) is 0 Å². The van der Waals surface area contributed by atoms with Gasteiger partial charge in [-0.1, -0.05) is 0 Å². The summed E-state index contributed by atoms with van der Waals surface area (Å²) in [6.45, 7) is 2.59. The summed E-state index contributed by atoms with van der Waals surface area (Å²) in [5.41, 5.74) is 4.36. The largest absolute Gasteiger partial charge is 0.471 e. The quantitative estimate of drug-likeness (QED) is 0.682. The van der Waals surface area contributed by atoms with Crippen LogP contribution in [0.2, 0.25) is 0 Å². The van der Waals surface area contributed by atoms with E-state index in [9.17, 15) is 0 Å². The maximum atomic E-state index is 5.48. The van der Waals surface area contributed by atoms with Crippen molar-refractivity contribution in [2.24, 2.45) is 0 Å². The van der Waals surface area contributed by atoms with E-state index in [1.807, 2.05) is 6.92 Å². The van der Waals surface area contributed by atoms with Gasteiger partial charge in [0.15, 0.2) is 0 Å². The third kappa shape index (κ3) is 0.937. The lowest BCUT2D eigenvalue weighted by molar-refractivity contribution is 0.285. The maximum Gasteiger partial charge on any atom is 0.224 e. The van der Waals surface area contributed by atoms with E-state index in [4.69, 9.17) is 4.74 Å². The number of aromatic nitrogens is 3. The van der Waals surface area contributed by atoms with Crippen LogP contribution in [0.15, 0.2) is 18.6 Å². The molecule has 0 aromatic carbocycles. The van der Waals surface area contributed by atoms with Crippen LogP contribution in [0.4, 0.5) is 0 Å². The van der Waals surface area contributed by atoms with Crippen molar-refractivity contribution in [3.05, 3.63) is 30.0 Å². The second-order valence-corrected chi connectivity index (χ2v) is 3.37. The first-order valence-corrected chi connectivity index (χ1v) is 4.46. The molecule has 2 aromatic rings. The molecule has 0 saturated heterocycles. The average Bonchev–Trinajstić information content (AvgIpc) is 2.59. The molecule has 0 radical (unpaired) electrons. The van der Waals surface area contributed by atoms with Gasteiger partial charge in [0.05, 0.1) is 11.3 Å². The molecule has 0 fully saturated rings. The standard InChI is InChI=1S/C10H9N3O/c1-6-2-7-8-3-11-5-12-10(8)14-4-9(7)13-6/h2-3,5,13H,4H2,1H3. The normalized spacial score (nSPS) is 12.9. The van der Waals surface area contributed by atoms with Gasteiger partial charge in [0.1, 0.15) is 12.9 Å². The lowest BCUT2D eigenvalue weighted by Gasteiger charge is -2.15. The first-order chi connectivity index (χ1) is 6.84. The summed E-state index contributed by atoms with van der Waals surface area (Å²) >= 11 is 0. The summed E-state index contributed by atoms with van der Waals surface area (Å²) in [5, 5.41) is 0. The van der Waals surface area contributed by atoms with Crippen molar-refractivity contribution in [1.82, 2.24) is 15.0 Å². The summed E-state index contributed by atoms with van der Waals surface area (Å²) in [5.74, 6) is 0.673. The van der Waals surface area contributed by atoms with Crippen molar-refractivity contribution in [3.8, 4) is 17.0 Å². The summed E-state index contributed by atoms with van der Waals surface area (Å²) in [4.78, 5) is 11.3. The van der Waals surface area contributed by atoms with Crippen LogP contribution < -0.4 is 4.74 Å². The molecule has 0 unspecified atom stereocenters. The number of fused-ring (bicyclic) bond motifs is 3. The highest BCUT2D eigenvalue weighted by atomic mass is 16.5. The minimum atomic E-state index is 0.563. The van der Waals surface area contributed by atoms with Gasteiger partial charge in [-0.2, -0.15) is 0 Å². The molecule has 0 bridgehead atoms. The molecule has 70 valence electrons. The zero-order valence-electron chi connectivity index (χ0n) is 7.74. The number of ether oxygens (including phenoxy) is 1. The number of nitrogens with zero attached hydrogens (tertiary/aromatic N) is 2. The maximum absolute atomic E-state index is 5.48. The minimum absolute atomic E-state index is 0.563. The zero-order chi connectivity index (χ0) is 9.54. The van der Waals surface area contributed by atoms with Crippen molar-refractivity contribution in [3.63, 3.8) is 0 Å². The first kappa shape index (κ1) is 7.55. The lowest BCUT2D eigenvalue weighted by atomic mass is 10.1. The van der Waals surface area contributed by atoms with Gasteiger partial charge in [0.2, 0.25) is 5.88 Å². The predicted molar refractivity (Wildman–Crippen MR) is 50.9 cm³/mol. The second kappa shape index (κ2) is 2.57. The van der Waals surface area contributed by atoms with E-state index in [2.05, 4.69) is 21.0 Å². The number of aromatic amines is 1. The number of hydrogen-bond acceptors (Lipinski definition) is 3. The molecule has 3 rings (SSSR count). The SMILES string of the molecule is Cc1cc2c([nH]1)COc1ncncc1-2. The fourth-order valence-electron chi connectivity index (χ4n) is 1.76. The van der Waals surface area contributed by atoms with E-state index >= 15 is 0 Å². The molecule has 14 heavy (non-hydrogen) atoms. The van der Waals surface area contributed by atoms with Crippen LogP contribution in [0.5, 0.6) is 5.88 Å². The first-order valence-electron chi connectivity index (χ1n) is 4.46. The molecule has 0 saturated carbocycles. The van der Waals surface area contributed by atoms with E-state index in [1.165, 1.54) is 6.33 Å². The highest BCUT2D eigenvalue weighted by molar-refractivity contribution is 5.72. The number of hydrogen-bond donors (Lipinski definition) is 1. The number of H-pyrrole nitrogens is 1. The van der Waals surface area contributed by atoms with E-state index in [0.29, 0.717) is 12.5 Å². The summed E-state index contributed by atoms with van der Waals surface area (Å²) in [6, 6.07) is 2.10. The Morgan fingerprint density at radius 2 is 2.36 bits per heavy atom. The average molecular weight is 187 g/mol. The predicted octanol–water partition coefficient (Wildman–Crippen LogP) is 1.67. The van der Waals surface area contributed by atoms with Crippen molar-refractivity contribution < 1.29 is 4.74 Å². The van der Waals surface area contributed by atoms with E-state index in [0.717, 1.165) is 22.5 Å². The third-order valence-corrected chi connectivity index (χ3v) is 2.35. The lowest BCUT2D eigenvalue weighted by Crippen LogP contribution is -2.06. The van der Waals surface area contributed by atoms with Gasteiger partial charge in [0.25, 0.3) is 0 Å². The van der Waals surface area contributed by atoms with E-state index in [1.54, 1.807) is 6.20 Å². The van der Waals surface area contributed by atoms with Crippen LogP contribution in [-0.4, -0.2) is 15.0 Å². The van der Waals surface area contributed by atoms with Crippen LogP contribution in [0.25, 0.3) is 11.1 Å². The Labute approximate surface area is 81.0 Å². The molecular formula is C10H9N3O. The Balaban J connectivity index is 2.28. The zero-order valence-corrected chi connectivity index (χ0v) is 7.74. The monoisotopic (exact) mass is 187 g/mol. The summed E-state index contributed by atoms with van der Waals surface area (Å²) in [7, 11) is 0. The molecule has 3 heterocycles. The van der Waals surface area contributed by atoms with Gasteiger partial charge < -0.3 is 9.72 Å². The molecule has 1 aliphatic heterocycles. The number of nitrogens with one attached hydrogen (secondary N) is 1. The molecule has 1 aliphatic rings. The van der Waals surface area contributed by atoms with E-state index < -0.39 is 0 Å². The van der Waals surface area contributed by atoms with Gasteiger partial charge in [0, 0.05) is 17.5 Å². The Kier molecular flexibility index (Phi) is 1.39. The fraction of sp³-hybridized carbons (Fsp3) is 0.200. The Bertz CT molecular complexity index is 490. The molecule has 0 atom stereocenters. The third-order valence-electron chi connectivity index (χ3n) is 2.35. The second-order valence-electron chi connectivity index (χ2n) is 3.37. The smallest absolute Gasteiger partial charge is 0.224 e. The van der Waals surface area contributed by atoms with Crippen LogP contribution in [0, 0.1) is 6.92 Å². The molecular weight excluding hydrogens is 178 g/mol. The van der Waals surface area contributed by atoms with Gasteiger partial charge in [-0.15, -0.1) is 0 Å². The Hall–Kier alpha value is -1.84. The van der Waals surface area contributed by atoms with Crippen LogP contribution in [0.1, 0.15) is 11.4 Å². The van der Waals surface area contributed by atoms with Crippen LogP contribution in [0.3, 0.4) is 0 Å². The molecule has 2 aromatic heterocycles. The van der Waals surface area contributed by atoms with Gasteiger partial charge >= 0.3 is 0 Å². The van der Waals surface area contributed by atoms with Crippen molar-refractivity contribution >= 4 is 0 Å². The summed E-state index contributed by atoms with van der Waals surface area (Å²) < 4.78 is 5.48. The van der Waals surface area contributed by atoms with Crippen LogP contribution in [-0.2, 0) is 6.61 Å². The number of aryl methyl sites for hydroxylation is 1. The van der Waals surface area contributed by atoms with Gasteiger partial charge in [-0.3, -0.25) is 0 Å². The number of rotatable bonds is 0. The molecule has 0 aliphatic carbocycles. The molecule has 0 spiro atoms. The highest BCUT2D eigenvalue weighted by Crippen LogP contribution is 2.35. The Morgan fingerprint density at radius 1 is 1.43 bits per heavy atom. The highest BCUT2D eigenvalue weighted by Gasteiger charge is 2.19. The molecule has 4 nitrogen and oxygen atoms in total. The van der Waals surface area contributed by atoms with Crippen molar-refractivity contribution in [1.29, 1.82) is 0 Å². The summed E-state index contributed by atoms with van der Waals surface area (Å²) in [6.07, 6.45) is 3.29. The Morgan fingerprint density at radius 3 is 3.29 bits per heavy atom.